The fraction of sp³-hybridized carbons (Fsp3) is 0.800. The molecular weight excluding hydrogens is 266 g/mol. The van der Waals surface area contributed by atoms with Crippen LogP contribution in [-0.4, -0.2) is 47.7 Å². The largest absolute Gasteiger partial charge is 0.356 e. The fourth-order valence-corrected chi connectivity index (χ4v) is 2.60. The Morgan fingerprint density at radius 3 is 2.95 bits per heavy atom. The molecule has 0 spiro atoms. The molecule has 1 N–H and O–H groups in total. The van der Waals surface area contributed by atoms with Crippen molar-refractivity contribution in [3.05, 3.63) is 11.7 Å². The molecule has 1 atom stereocenters. The highest BCUT2D eigenvalue weighted by atomic mass is 16.5. The van der Waals surface area contributed by atoms with Crippen molar-refractivity contribution in [2.45, 2.75) is 46.0 Å². The Labute approximate surface area is 127 Å². The smallest absolute Gasteiger partial charge is 0.228 e. The number of likely N-dealkylation sites (tertiary alicyclic amines) is 1. The Morgan fingerprint density at radius 1 is 1.52 bits per heavy atom. The number of aromatic nitrogens is 2. The molecule has 118 valence electrons. The van der Waals surface area contributed by atoms with Gasteiger partial charge in [-0.2, -0.15) is 4.98 Å². The van der Waals surface area contributed by atoms with E-state index < -0.39 is 0 Å². The van der Waals surface area contributed by atoms with Gasteiger partial charge in [0.25, 0.3) is 0 Å². The summed E-state index contributed by atoms with van der Waals surface area (Å²) in [6.45, 7) is 9.35. The lowest BCUT2D eigenvalue weighted by Crippen LogP contribution is -2.46. The average molecular weight is 293 g/mol. The normalized spacial score (nSPS) is 20.1. The maximum absolute atomic E-state index is 5.25. The Kier molecular flexibility index (Phi) is 5.59. The van der Waals surface area contributed by atoms with Gasteiger partial charge in [-0.1, -0.05) is 25.9 Å². The molecule has 1 fully saturated rings. The van der Waals surface area contributed by atoms with E-state index in [1.165, 1.54) is 12.8 Å². The SMILES string of the molecule is CN=C(NCCc1nc(C(C)C)no1)N1CCCC(C)C1. The van der Waals surface area contributed by atoms with E-state index >= 15 is 0 Å². The van der Waals surface area contributed by atoms with Crippen molar-refractivity contribution in [3.63, 3.8) is 0 Å². The molecule has 6 heteroatoms. The standard InChI is InChI=1S/C15H27N5O/c1-11(2)14-18-13(21-19-14)7-8-17-15(16-4)20-9-5-6-12(3)10-20/h11-12H,5-10H2,1-4H3,(H,16,17). The molecule has 0 amide bonds. The number of nitrogens with zero attached hydrogens (tertiary/aromatic N) is 4. The molecular formula is C15H27N5O. The van der Waals surface area contributed by atoms with Gasteiger partial charge in [-0.15, -0.1) is 0 Å². The van der Waals surface area contributed by atoms with Crippen LogP contribution in [0, 0.1) is 5.92 Å². The first-order valence-corrected chi connectivity index (χ1v) is 7.88. The molecule has 0 aliphatic carbocycles. The lowest BCUT2D eigenvalue weighted by Gasteiger charge is -2.33. The van der Waals surface area contributed by atoms with Crippen molar-refractivity contribution in [3.8, 4) is 0 Å². The molecule has 1 aromatic heterocycles. The van der Waals surface area contributed by atoms with Crippen LogP contribution in [0.1, 0.15) is 51.2 Å². The van der Waals surface area contributed by atoms with Crippen LogP contribution in [-0.2, 0) is 6.42 Å². The number of hydrogen-bond acceptors (Lipinski definition) is 4. The highest BCUT2D eigenvalue weighted by Crippen LogP contribution is 2.15. The van der Waals surface area contributed by atoms with Crippen LogP contribution in [0.2, 0.25) is 0 Å². The second kappa shape index (κ2) is 7.43. The lowest BCUT2D eigenvalue weighted by molar-refractivity contribution is 0.266. The summed E-state index contributed by atoms with van der Waals surface area (Å²) in [7, 11) is 1.84. The van der Waals surface area contributed by atoms with Gasteiger partial charge in [0.15, 0.2) is 11.8 Å². The van der Waals surface area contributed by atoms with Crippen molar-refractivity contribution in [1.82, 2.24) is 20.4 Å². The molecule has 6 nitrogen and oxygen atoms in total. The molecule has 1 saturated heterocycles. The van der Waals surface area contributed by atoms with Crippen LogP contribution in [0.15, 0.2) is 9.52 Å². The molecule has 1 aliphatic heterocycles. The third-order valence-electron chi connectivity index (χ3n) is 3.79. The van der Waals surface area contributed by atoms with Crippen molar-refractivity contribution in [2.75, 3.05) is 26.7 Å². The fourth-order valence-electron chi connectivity index (χ4n) is 2.60. The van der Waals surface area contributed by atoms with Crippen LogP contribution in [0.4, 0.5) is 0 Å². The summed E-state index contributed by atoms with van der Waals surface area (Å²) < 4.78 is 5.25. The molecule has 2 heterocycles. The van der Waals surface area contributed by atoms with Crippen molar-refractivity contribution in [2.24, 2.45) is 10.9 Å². The molecule has 1 aliphatic rings. The van der Waals surface area contributed by atoms with E-state index in [0.717, 1.165) is 43.8 Å². The zero-order valence-electron chi connectivity index (χ0n) is 13.6. The van der Waals surface area contributed by atoms with Crippen LogP contribution in [0.5, 0.6) is 0 Å². The number of nitrogens with one attached hydrogen (secondary N) is 1. The van der Waals surface area contributed by atoms with Gasteiger partial charge in [0.05, 0.1) is 0 Å². The van der Waals surface area contributed by atoms with Crippen LogP contribution in [0.25, 0.3) is 0 Å². The number of piperidine rings is 1. The molecule has 0 aromatic carbocycles. The second-order valence-corrected chi connectivity index (χ2v) is 6.12. The van der Waals surface area contributed by atoms with Crippen LogP contribution in [0.3, 0.4) is 0 Å². The van der Waals surface area contributed by atoms with Gasteiger partial charge >= 0.3 is 0 Å². The predicted octanol–water partition coefficient (Wildman–Crippen LogP) is 2.04. The van der Waals surface area contributed by atoms with E-state index in [1.54, 1.807) is 0 Å². The summed E-state index contributed by atoms with van der Waals surface area (Å²) in [4.78, 5) is 11.1. The van der Waals surface area contributed by atoms with E-state index in [0.29, 0.717) is 11.8 Å². The van der Waals surface area contributed by atoms with Gasteiger partial charge in [0.1, 0.15) is 0 Å². The molecule has 2 rings (SSSR count). The predicted molar refractivity (Wildman–Crippen MR) is 83.4 cm³/mol. The van der Waals surface area contributed by atoms with Gasteiger partial charge < -0.3 is 14.7 Å². The Bertz CT molecular complexity index is 468. The van der Waals surface area contributed by atoms with E-state index in [-0.39, 0.29) is 0 Å². The van der Waals surface area contributed by atoms with Crippen LogP contribution >= 0.6 is 0 Å². The minimum Gasteiger partial charge on any atom is -0.356 e. The number of aliphatic imine (C=N–C) groups is 1. The van der Waals surface area contributed by atoms with Gasteiger partial charge in [-0.3, -0.25) is 4.99 Å². The van der Waals surface area contributed by atoms with Gasteiger partial charge in [-0.25, -0.2) is 0 Å². The Balaban J connectivity index is 1.80. The summed E-state index contributed by atoms with van der Waals surface area (Å²) in [6.07, 6.45) is 3.28. The first-order chi connectivity index (χ1) is 10.1. The molecule has 0 saturated carbocycles. The van der Waals surface area contributed by atoms with Crippen molar-refractivity contribution >= 4 is 5.96 Å². The highest BCUT2D eigenvalue weighted by molar-refractivity contribution is 5.79. The summed E-state index contributed by atoms with van der Waals surface area (Å²) in [5.41, 5.74) is 0. The monoisotopic (exact) mass is 293 g/mol. The van der Waals surface area contributed by atoms with E-state index in [4.69, 9.17) is 4.52 Å². The zero-order valence-corrected chi connectivity index (χ0v) is 13.6. The van der Waals surface area contributed by atoms with Crippen molar-refractivity contribution < 1.29 is 4.52 Å². The zero-order chi connectivity index (χ0) is 15.2. The van der Waals surface area contributed by atoms with Crippen LogP contribution < -0.4 is 5.32 Å². The van der Waals surface area contributed by atoms with E-state index in [1.807, 2.05) is 7.05 Å². The molecule has 0 bridgehead atoms. The van der Waals surface area contributed by atoms with E-state index in [2.05, 4.69) is 46.1 Å². The Hall–Kier alpha value is -1.59. The summed E-state index contributed by atoms with van der Waals surface area (Å²) in [6, 6.07) is 0. The van der Waals surface area contributed by atoms with E-state index in [9.17, 15) is 0 Å². The van der Waals surface area contributed by atoms with Gasteiger partial charge in [0, 0.05) is 39.0 Å². The van der Waals surface area contributed by atoms with Gasteiger partial charge in [-0.05, 0) is 18.8 Å². The lowest BCUT2D eigenvalue weighted by atomic mass is 10.0. The molecule has 0 radical (unpaired) electrons. The first-order valence-electron chi connectivity index (χ1n) is 7.88. The summed E-state index contributed by atoms with van der Waals surface area (Å²) in [5.74, 6) is 3.48. The topological polar surface area (TPSA) is 66.5 Å². The highest BCUT2D eigenvalue weighted by Gasteiger charge is 2.19. The third-order valence-corrected chi connectivity index (χ3v) is 3.79. The summed E-state index contributed by atoms with van der Waals surface area (Å²) >= 11 is 0. The quantitative estimate of drug-likeness (QED) is 0.680. The van der Waals surface area contributed by atoms with Gasteiger partial charge in [0.2, 0.25) is 5.89 Å². The first kappa shape index (κ1) is 15.8. The third kappa shape index (κ3) is 4.44. The number of guanidine groups is 1. The molecule has 21 heavy (non-hydrogen) atoms. The second-order valence-electron chi connectivity index (χ2n) is 6.12. The Morgan fingerprint density at radius 2 is 2.33 bits per heavy atom. The molecule has 1 aromatic rings. The minimum absolute atomic E-state index is 0.304. The summed E-state index contributed by atoms with van der Waals surface area (Å²) in [5, 5.41) is 7.37. The number of rotatable bonds is 4. The number of hydrogen-bond donors (Lipinski definition) is 1. The minimum atomic E-state index is 0.304. The molecule has 1 unspecified atom stereocenters. The van der Waals surface area contributed by atoms with Crippen molar-refractivity contribution in [1.29, 1.82) is 0 Å². The maximum atomic E-state index is 5.25. The average Bonchev–Trinajstić information content (AvgIpc) is 2.92. The maximum Gasteiger partial charge on any atom is 0.228 e.